The van der Waals surface area contributed by atoms with E-state index in [-0.39, 0.29) is 198 Å². The van der Waals surface area contributed by atoms with Crippen molar-refractivity contribution in [2.45, 2.75) is 247 Å². The molecule has 0 saturated heterocycles. The molecule has 24 heteroatoms. The smallest absolute Gasteiger partial charge is 0.320 e. The summed E-state index contributed by atoms with van der Waals surface area (Å²) in [7, 11) is 1.52. The van der Waals surface area contributed by atoms with Crippen LogP contribution in [0.2, 0.25) is 0 Å². The summed E-state index contributed by atoms with van der Waals surface area (Å²) in [6.45, 7) is 13.4. The number of aldehydes is 1. The summed E-state index contributed by atoms with van der Waals surface area (Å²) < 4.78 is 21.5. The molecule has 0 aromatic carbocycles. The van der Waals surface area contributed by atoms with Gasteiger partial charge in [0.1, 0.15) is 42.9 Å². The molecule has 23 nitrogen and oxygen atoms in total. The third-order valence-electron chi connectivity index (χ3n) is 15.6. The first-order valence-corrected chi connectivity index (χ1v) is 33.0. The number of carboxylic acids is 2. The number of unbranched alkanes of at least 4 members (excludes halogenated alkanes) is 17. The number of carbonyl (C=O) groups is 11. The fourth-order valence-electron chi connectivity index (χ4n) is 10.00. The molecule has 0 aromatic heterocycles. The van der Waals surface area contributed by atoms with Crippen molar-refractivity contribution in [3.05, 3.63) is 12.1 Å². The predicted molar refractivity (Wildman–Crippen MR) is 357 cm³/mol. The van der Waals surface area contributed by atoms with Gasteiger partial charge >= 0.3 is 11.9 Å². The number of aliphatic carboxylic acids is 2. The Morgan fingerprint density at radius 1 is 0.582 bits per heavy atom. The van der Waals surface area contributed by atoms with Gasteiger partial charge in [-0.15, -0.1) is 0 Å². The number of Topliss-reactive ketones (excluding diaryl/α,β-unsaturated/α-hetero) is 5. The summed E-state index contributed by atoms with van der Waals surface area (Å²) in [5.41, 5.74) is 3.26. The molecule has 0 bridgehead atoms. The van der Waals surface area contributed by atoms with Crippen LogP contribution in [-0.4, -0.2) is 166 Å². The van der Waals surface area contributed by atoms with E-state index in [1.807, 2.05) is 13.8 Å². The minimum atomic E-state index is -1.15. The number of carbonyl (C=O) groups excluding carboxylic acids is 9. The van der Waals surface area contributed by atoms with Gasteiger partial charge in [-0.05, 0) is 64.3 Å². The summed E-state index contributed by atoms with van der Waals surface area (Å²) in [5, 5.41) is 35.2. The maximum atomic E-state index is 13.8. The zero-order chi connectivity index (χ0) is 67.3. The molecule has 0 spiro atoms. The third-order valence-corrected chi connectivity index (χ3v) is 15.6. The molecular formula is C67H131N5O18Y-2. The quantitative estimate of drug-likeness (QED) is 0.0169. The van der Waals surface area contributed by atoms with Gasteiger partial charge in [0.05, 0.1) is 45.6 Å². The van der Waals surface area contributed by atoms with Crippen LogP contribution in [0.25, 0.3) is 6.15 Å². The van der Waals surface area contributed by atoms with Gasteiger partial charge in [0, 0.05) is 127 Å². The van der Waals surface area contributed by atoms with Crippen LogP contribution in [0, 0.1) is 34.5 Å². The molecule has 0 aliphatic rings. The Bertz CT molecular complexity index is 2040. The monoisotopic (exact) mass is 1380 g/mol. The molecule has 1 radical (unpaired) electrons. The predicted octanol–water partition coefficient (Wildman–Crippen LogP) is 10.7. The van der Waals surface area contributed by atoms with Gasteiger partial charge in [-0.3, -0.25) is 43.2 Å². The van der Waals surface area contributed by atoms with Crippen molar-refractivity contribution in [1.82, 2.24) is 16.0 Å². The van der Waals surface area contributed by atoms with Crippen LogP contribution in [0.4, 0.5) is 0 Å². The van der Waals surface area contributed by atoms with E-state index in [2.05, 4.69) is 16.0 Å². The fourth-order valence-corrected chi connectivity index (χ4v) is 10.00. The molecule has 0 rings (SSSR count). The van der Waals surface area contributed by atoms with Gasteiger partial charge in [0.25, 0.3) is 0 Å². The fraction of sp³-hybridized carbons (Fsp3) is 0.821. The van der Waals surface area contributed by atoms with E-state index in [0.717, 1.165) is 32.0 Å². The van der Waals surface area contributed by atoms with Gasteiger partial charge in [0.15, 0.2) is 5.78 Å². The molecule has 0 heterocycles. The van der Waals surface area contributed by atoms with E-state index in [1.165, 1.54) is 90.5 Å². The number of carboxylic acid groups (broad SMARTS) is 2. The normalized spacial score (nSPS) is 12.8. The molecule has 0 aliphatic heterocycles. The van der Waals surface area contributed by atoms with Crippen LogP contribution in [0.3, 0.4) is 0 Å². The Kier molecular flexibility index (Phi) is 61.4. The molecule has 0 aliphatic carbocycles. The number of amides is 3. The first kappa shape index (κ1) is 93.5. The topological polar surface area (TPSA) is 381 Å². The first-order valence-electron chi connectivity index (χ1n) is 33.0. The maximum absolute atomic E-state index is 13.8. The molecule has 0 fully saturated rings. The molecular weight excluding hydrogens is 1250 g/mol. The van der Waals surface area contributed by atoms with E-state index in [4.69, 9.17) is 34.9 Å². The molecule has 4 atom stereocenters. The second-order valence-electron chi connectivity index (χ2n) is 25.2. The number of rotatable bonds is 62. The SMILES string of the molecule is CN[C@@H](CCC(=O)NCCOCCOCC(=O)CCCOCCOCC(=O)NCCCC[C@H](CC(=O)C(C)(C)CC(=O)[C@@](C)(CC(=O)[C-](C)C)CC(C)C)C(=O)C[C@@H](CO)C(N)=O)C(=O)O.O=CCCCCCCCCCCCCCCCCCCC(=O)O.[HH].[HH].[HH].[HH].[HH].[NH2-].[Y]. The van der Waals surface area contributed by atoms with Crippen LogP contribution in [0.15, 0.2) is 0 Å². The van der Waals surface area contributed by atoms with E-state index in [0.29, 0.717) is 44.6 Å². The minimum absolute atomic E-state index is 0. The Hall–Kier alpha value is -3.94. The Balaban J connectivity index is -0.000000307. The number of nitrogens with two attached hydrogens (primary N) is 2. The van der Waals surface area contributed by atoms with Crippen LogP contribution < -0.4 is 21.7 Å². The zero-order valence-corrected chi connectivity index (χ0v) is 59.9. The maximum Gasteiger partial charge on any atom is 0.320 e. The third kappa shape index (κ3) is 54.1. The number of hydrogen-bond acceptors (Lipinski definition) is 17. The largest absolute Gasteiger partial charge is 0.693 e. The molecule has 0 unspecified atom stereocenters. The van der Waals surface area contributed by atoms with Gasteiger partial charge in [0.2, 0.25) is 17.7 Å². The Labute approximate surface area is 577 Å². The van der Waals surface area contributed by atoms with Crippen molar-refractivity contribution >= 4 is 64.9 Å². The minimum Gasteiger partial charge on any atom is -0.693 e. The number of nitrogens with one attached hydrogen (secondary N) is 3. The molecule has 3 amide bonds. The number of likely N-dealkylation sites (N-methyl/N-ethyl adjacent to an activating group) is 1. The molecule has 0 saturated carbocycles. The first-order chi connectivity index (χ1) is 42.3. The number of aliphatic hydroxyl groups excluding tert-OH is 1. The summed E-state index contributed by atoms with van der Waals surface area (Å²) in [5.74, 6) is -5.44. The molecule has 537 valence electrons. The van der Waals surface area contributed by atoms with Crippen LogP contribution >= 0.6 is 0 Å². The Morgan fingerprint density at radius 3 is 1.59 bits per heavy atom. The zero-order valence-electron chi connectivity index (χ0n) is 57.1. The van der Waals surface area contributed by atoms with E-state index < -0.39 is 58.9 Å². The van der Waals surface area contributed by atoms with Gasteiger partial charge < -0.3 is 77.6 Å². The van der Waals surface area contributed by atoms with Crippen molar-refractivity contribution in [2.24, 2.45) is 34.3 Å². The van der Waals surface area contributed by atoms with Crippen molar-refractivity contribution in [2.75, 3.05) is 79.6 Å². The average Bonchev–Trinajstić information content (AvgIpc) is 2.74. The van der Waals surface area contributed by atoms with Crippen molar-refractivity contribution in [1.29, 1.82) is 0 Å². The van der Waals surface area contributed by atoms with Gasteiger partial charge in [-0.25, -0.2) is 0 Å². The molecule has 10 N–H and O–H groups in total. The number of ether oxygens (including phenoxy) is 4. The number of aliphatic hydroxyl groups is 1. The van der Waals surface area contributed by atoms with Crippen LogP contribution in [-0.2, 0) is 104 Å². The average molecular weight is 1380 g/mol. The van der Waals surface area contributed by atoms with E-state index in [9.17, 15) is 57.8 Å². The Morgan fingerprint density at radius 2 is 1.10 bits per heavy atom. The standard InChI is InChI=1S/C47H81N4O15.C20H38O3.H2N.Y.5H2/c1-32(2)26-47(7,27-39(55)33(3)4)41(57)28-46(5,6)40(56)25-34(38(54)24-35(29-52)44(48)60)12-9-10-16-50-43(59)31-66-23-20-63-18-11-13-36(53)30-65-22-21-64-19-17-51-42(58)15-14-37(49-8)45(61)62;21-19-17-15-13-11-9-7-5-3-1-2-4-6-8-10-12-14-16-18-20(22)23;;;;;;;/h32,34-35,37,49,52H,9-31H2,1-8H3,(H2,48,60)(H,50,59)(H,51,58)(H,61,62);19H,1-18H2,(H,22,23);1H2;;5*1H/q-1;;-1;;;;;;/t34-,35+,37+,47-;;;;;;;;/m1......../s1. The van der Waals surface area contributed by atoms with Crippen LogP contribution in [0.5, 0.6) is 0 Å². The number of primary amides is 1. The van der Waals surface area contributed by atoms with Crippen molar-refractivity contribution < 1.29 is 127 Å². The van der Waals surface area contributed by atoms with Gasteiger partial charge in [-0.1, -0.05) is 131 Å². The van der Waals surface area contributed by atoms with E-state index >= 15 is 0 Å². The summed E-state index contributed by atoms with van der Waals surface area (Å²) >= 11 is 0. The van der Waals surface area contributed by atoms with Crippen molar-refractivity contribution in [3.8, 4) is 0 Å². The number of hydrogen-bond donors (Lipinski definition) is 7. The van der Waals surface area contributed by atoms with E-state index in [1.54, 1.807) is 34.6 Å². The van der Waals surface area contributed by atoms with Gasteiger partial charge in [-0.2, -0.15) is 13.8 Å². The second-order valence-corrected chi connectivity index (χ2v) is 25.2. The van der Waals surface area contributed by atoms with Crippen molar-refractivity contribution in [3.63, 3.8) is 0 Å². The summed E-state index contributed by atoms with van der Waals surface area (Å²) in [6.07, 6.45) is 24.3. The summed E-state index contributed by atoms with van der Waals surface area (Å²) in [4.78, 5) is 133. The summed E-state index contributed by atoms with van der Waals surface area (Å²) in [6, 6.07) is -0.785. The van der Waals surface area contributed by atoms with Crippen LogP contribution in [0.1, 0.15) is 248 Å². The molecule has 0 aromatic rings. The second kappa shape index (κ2) is 59.8. The molecule has 91 heavy (non-hydrogen) atoms. The number of ketones is 5.